The maximum absolute atomic E-state index is 11.7. The maximum atomic E-state index is 11.7. The zero-order valence-electron chi connectivity index (χ0n) is 7.55. The van der Waals surface area contributed by atoms with Gasteiger partial charge in [-0.15, -0.1) is 0 Å². The predicted octanol–water partition coefficient (Wildman–Crippen LogP) is 0.730. The lowest BCUT2D eigenvalue weighted by Gasteiger charge is -2.18. The zero-order valence-corrected chi connectivity index (χ0v) is 7.55. The van der Waals surface area contributed by atoms with E-state index in [1.807, 2.05) is 11.8 Å². The normalized spacial score (nSPS) is 15.8. The van der Waals surface area contributed by atoms with Crippen LogP contribution >= 0.6 is 0 Å². The van der Waals surface area contributed by atoms with Gasteiger partial charge in [-0.3, -0.25) is 0 Å². The van der Waals surface area contributed by atoms with Gasteiger partial charge in [-0.1, -0.05) is 0 Å². The number of nitrogens with zero attached hydrogens (tertiary/aromatic N) is 4. The van der Waals surface area contributed by atoms with Crippen molar-refractivity contribution in [3.63, 3.8) is 0 Å². The standard InChI is InChI=1S/C8H12N4O/c1-2-11(7-3-4-7)8(13)12-6-9-5-10-12/h5-7H,2-4H2,1H3. The summed E-state index contributed by atoms with van der Waals surface area (Å²) in [6.07, 6.45) is 5.05. The van der Waals surface area contributed by atoms with Gasteiger partial charge in [-0.2, -0.15) is 9.78 Å². The highest BCUT2D eigenvalue weighted by atomic mass is 16.2. The first kappa shape index (κ1) is 8.22. The van der Waals surface area contributed by atoms with E-state index in [9.17, 15) is 4.79 Å². The van der Waals surface area contributed by atoms with Gasteiger partial charge >= 0.3 is 6.03 Å². The Hall–Kier alpha value is -1.39. The predicted molar refractivity (Wildman–Crippen MR) is 46.2 cm³/mol. The van der Waals surface area contributed by atoms with E-state index in [4.69, 9.17) is 0 Å². The van der Waals surface area contributed by atoms with E-state index in [2.05, 4.69) is 10.1 Å². The number of rotatable bonds is 2. The Morgan fingerprint density at radius 2 is 2.46 bits per heavy atom. The van der Waals surface area contributed by atoms with Gasteiger partial charge in [0.25, 0.3) is 0 Å². The number of hydrogen-bond acceptors (Lipinski definition) is 3. The summed E-state index contributed by atoms with van der Waals surface area (Å²) < 4.78 is 1.28. The van der Waals surface area contributed by atoms with E-state index in [-0.39, 0.29) is 6.03 Å². The molecule has 2 rings (SSSR count). The Labute approximate surface area is 76.4 Å². The van der Waals surface area contributed by atoms with Crippen molar-refractivity contribution >= 4 is 6.03 Å². The molecule has 1 aliphatic carbocycles. The summed E-state index contributed by atoms with van der Waals surface area (Å²) in [7, 11) is 0. The summed E-state index contributed by atoms with van der Waals surface area (Å²) in [5.41, 5.74) is 0. The third-order valence-electron chi connectivity index (χ3n) is 2.19. The molecule has 0 saturated heterocycles. The molecule has 1 aromatic rings. The van der Waals surface area contributed by atoms with Crippen LogP contribution in [0.2, 0.25) is 0 Å². The Kier molecular flexibility index (Phi) is 2.00. The van der Waals surface area contributed by atoms with Gasteiger partial charge in [-0.25, -0.2) is 9.78 Å². The minimum Gasteiger partial charge on any atom is -0.320 e. The van der Waals surface area contributed by atoms with Crippen molar-refractivity contribution < 1.29 is 4.79 Å². The van der Waals surface area contributed by atoms with Crippen LogP contribution in [0.15, 0.2) is 12.7 Å². The van der Waals surface area contributed by atoms with E-state index in [1.165, 1.54) is 17.3 Å². The van der Waals surface area contributed by atoms with E-state index in [0.29, 0.717) is 6.04 Å². The van der Waals surface area contributed by atoms with Gasteiger partial charge in [0, 0.05) is 12.6 Å². The molecule has 5 heteroatoms. The highest BCUT2D eigenvalue weighted by molar-refractivity contribution is 5.76. The quantitative estimate of drug-likeness (QED) is 0.674. The summed E-state index contributed by atoms with van der Waals surface area (Å²) in [6.45, 7) is 2.72. The molecule has 0 atom stereocenters. The maximum Gasteiger partial charge on any atom is 0.346 e. The van der Waals surface area contributed by atoms with E-state index < -0.39 is 0 Å². The Bertz CT molecular complexity index is 291. The smallest absolute Gasteiger partial charge is 0.320 e. The fourth-order valence-corrected chi connectivity index (χ4v) is 1.37. The van der Waals surface area contributed by atoms with Gasteiger partial charge in [-0.05, 0) is 19.8 Å². The molecule has 0 N–H and O–H groups in total. The average molecular weight is 180 g/mol. The lowest BCUT2D eigenvalue weighted by molar-refractivity contribution is 0.196. The molecule has 70 valence electrons. The Balaban J connectivity index is 2.10. The van der Waals surface area contributed by atoms with Crippen LogP contribution in [0.5, 0.6) is 0 Å². The van der Waals surface area contributed by atoms with Crippen LogP contribution in [-0.2, 0) is 0 Å². The summed E-state index contributed by atoms with van der Waals surface area (Å²) in [6, 6.07) is 0.365. The van der Waals surface area contributed by atoms with E-state index >= 15 is 0 Å². The van der Waals surface area contributed by atoms with Gasteiger partial charge < -0.3 is 4.90 Å². The number of amides is 1. The largest absolute Gasteiger partial charge is 0.346 e. The molecule has 0 unspecified atom stereocenters. The van der Waals surface area contributed by atoms with Crippen LogP contribution in [0.3, 0.4) is 0 Å². The summed E-state index contributed by atoms with van der Waals surface area (Å²) >= 11 is 0. The van der Waals surface area contributed by atoms with Crippen molar-refractivity contribution in [1.29, 1.82) is 0 Å². The van der Waals surface area contributed by atoms with Gasteiger partial charge in [0.1, 0.15) is 12.7 Å². The third kappa shape index (κ3) is 1.54. The second-order valence-electron chi connectivity index (χ2n) is 3.14. The Morgan fingerprint density at radius 1 is 1.69 bits per heavy atom. The lowest BCUT2D eigenvalue weighted by Crippen LogP contribution is -2.36. The van der Waals surface area contributed by atoms with Gasteiger partial charge in [0.05, 0.1) is 0 Å². The molecule has 1 saturated carbocycles. The number of carbonyl (C=O) groups excluding carboxylic acids is 1. The number of aromatic nitrogens is 3. The molecule has 1 heterocycles. The van der Waals surface area contributed by atoms with Crippen LogP contribution in [0.1, 0.15) is 19.8 Å². The zero-order chi connectivity index (χ0) is 9.26. The first-order valence-corrected chi connectivity index (χ1v) is 4.48. The van der Waals surface area contributed by atoms with E-state index in [0.717, 1.165) is 19.4 Å². The van der Waals surface area contributed by atoms with Crippen LogP contribution in [-0.4, -0.2) is 38.3 Å². The van der Waals surface area contributed by atoms with Crippen LogP contribution in [0, 0.1) is 0 Å². The summed E-state index contributed by atoms with van der Waals surface area (Å²) in [5.74, 6) is 0. The van der Waals surface area contributed by atoms with Crippen molar-refractivity contribution in [1.82, 2.24) is 19.7 Å². The van der Waals surface area contributed by atoms with Crippen LogP contribution in [0.25, 0.3) is 0 Å². The fraction of sp³-hybridized carbons (Fsp3) is 0.625. The minimum atomic E-state index is -0.0671. The molecule has 0 spiro atoms. The molecule has 0 aromatic carbocycles. The average Bonchev–Trinajstić information content (AvgIpc) is 2.83. The third-order valence-corrected chi connectivity index (χ3v) is 2.19. The van der Waals surface area contributed by atoms with Crippen molar-refractivity contribution in [3.05, 3.63) is 12.7 Å². The fourth-order valence-electron chi connectivity index (χ4n) is 1.37. The molecular formula is C8H12N4O. The van der Waals surface area contributed by atoms with E-state index in [1.54, 1.807) is 0 Å². The molecular weight excluding hydrogens is 168 g/mol. The molecule has 0 aliphatic heterocycles. The highest BCUT2D eigenvalue weighted by Crippen LogP contribution is 2.26. The van der Waals surface area contributed by atoms with Crippen molar-refractivity contribution in [2.24, 2.45) is 0 Å². The highest BCUT2D eigenvalue weighted by Gasteiger charge is 2.32. The second kappa shape index (κ2) is 3.16. The molecule has 1 fully saturated rings. The van der Waals surface area contributed by atoms with Gasteiger partial charge in [0.2, 0.25) is 0 Å². The minimum absolute atomic E-state index is 0.0671. The number of hydrogen-bond donors (Lipinski definition) is 0. The molecule has 13 heavy (non-hydrogen) atoms. The Morgan fingerprint density at radius 3 is 2.92 bits per heavy atom. The molecule has 0 radical (unpaired) electrons. The van der Waals surface area contributed by atoms with Crippen molar-refractivity contribution in [3.8, 4) is 0 Å². The SMILES string of the molecule is CCN(C(=O)n1cncn1)C1CC1. The summed E-state index contributed by atoms with van der Waals surface area (Å²) in [5, 5.41) is 3.81. The monoisotopic (exact) mass is 180 g/mol. The molecule has 1 aromatic heterocycles. The lowest BCUT2D eigenvalue weighted by atomic mass is 10.5. The molecule has 0 bridgehead atoms. The number of carbonyl (C=O) groups is 1. The molecule has 5 nitrogen and oxygen atoms in total. The first-order valence-electron chi connectivity index (χ1n) is 4.48. The van der Waals surface area contributed by atoms with Crippen LogP contribution < -0.4 is 0 Å². The van der Waals surface area contributed by atoms with Crippen molar-refractivity contribution in [2.45, 2.75) is 25.8 Å². The molecule has 1 amide bonds. The second-order valence-corrected chi connectivity index (χ2v) is 3.14. The first-order chi connectivity index (χ1) is 6.33. The van der Waals surface area contributed by atoms with Gasteiger partial charge in [0.15, 0.2) is 0 Å². The van der Waals surface area contributed by atoms with Crippen LogP contribution in [0.4, 0.5) is 4.79 Å². The molecule has 1 aliphatic rings. The topological polar surface area (TPSA) is 51.0 Å². The van der Waals surface area contributed by atoms with Crippen molar-refractivity contribution in [2.75, 3.05) is 6.54 Å². The summed E-state index contributed by atoms with van der Waals surface area (Å²) in [4.78, 5) is 17.3.